The summed E-state index contributed by atoms with van der Waals surface area (Å²) in [6.07, 6.45) is 1.02. The molecule has 0 saturated heterocycles. The van der Waals surface area contributed by atoms with Crippen LogP contribution in [0.2, 0.25) is 5.15 Å². The smallest absolute Gasteiger partial charge is 0.263 e. The first-order valence-corrected chi connectivity index (χ1v) is 7.74. The Morgan fingerprint density at radius 3 is 2.55 bits per heavy atom. The third kappa shape index (κ3) is 3.25. The van der Waals surface area contributed by atoms with Gasteiger partial charge in [-0.15, -0.1) is 0 Å². The first-order valence-electron chi connectivity index (χ1n) is 5.08. The summed E-state index contributed by atoms with van der Waals surface area (Å²) < 4.78 is 52.5. The zero-order chi connectivity index (χ0) is 14.9. The molecule has 0 aliphatic rings. The van der Waals surface area contributed by atoms with E-state index in [2.05, 4.69) is 20.9 Å². The predicted octanol–water partition coefficient (Wildman–Crippen LogP) is 3.58. The van der Waals surface area contributed by atoms with Crippen molar-refractivity contribution in [2.75, 3.05) is 4.72 Å². The maximum atomic E-state index is 13.4. The molecule has 1 heterocycles. The van der Waals surface area contributed by atoms with Crippen molar-refractivity contribution >= 4 is 43.2 Å². The van der Waals surface area contributed by atoms with Crippen molar-refractivity contribution in [2.45, 2.75) is 4.90 Å². The van der Waals surface area contributed by atoms with E-state index in [1.165, 1.54) is 6.07 Å². The lowest BCUT2D eigenvalue weighted by molar-refractivity contribution is 0.582. The number of aromatic nitrogens is 1. The monoisotopic (exact) mass is 382 g/mol. The van der Waals surface area contributed by atoms with Crippen LogP contribution in [0.1, 0.15) is 0 Å². The van der Waals surface area contributed by atoms with Gasteiger partial charge in [0, 0.05) is 12.3 Å². The second kappa shape index (κ2) is 5.63. The summed E-state index contributed by atoms with van der Waals surface area (Å²) in [4.78, 5) is 3.46. The molecule has 4 nitrogen and oxygen atoms in total. The number of anilines is 1. The summed E-state index contributed by atoms with van der Waals surface area (Å²) in [6, 6.07) is 3.73. The maximum absolute atomic E-state index is 13.4. The van der Waals surface area contributed by atoms with E-state index in [-0.39, 0.29) is 20.2 Å². The Kier molecular flexibility index (Phi) is 4.26. The van der Waals surface area contributed by atoms with Gasteiger partial charge >= 0.3 is 0 Å². The summed E-state index contributed by atoms with van der Waals surface area (Å²) in [5.74, 6) is -1.82. The molecule has 0 radical (unpaired) electrons. The Morgan fingerprint density at radius 2 is 1.95 bits per heavy atom. The van der Waals surface area contributed by atoms with Crippen LogP contribution in [0.15, 0.2) is 39.8 Å². The molecule has 0 atom stereocenters. The van der Waals surface area contributed by atoms with Gasteiger partial charge in [0.15, 0.2) is 0 Å². The number of halogens is 4. The molecule has 1 N–H and O–H groups in total. The number of rotatable bonds is 3. The number of hydrogen-bond donors (Lipinski definition) is 1. The Bertz CT molecular complexity index is 771. The fourth-order valence-corrected chi connectivity index (χ4v) is 2.97. The second-order valence-electron chi connectivity index (χ2n) is 3.67. The highest BCUT2D eigenvalue weighted by Gasteiger charge is 2.18. The minimum Gasteiger partial charge on any atom is -0.277 e. The number of sulfonamides is 1. The minimum atomic E-state index is -4.05. The van der Waals surface area contributed by atoms with E-state index in [1.54, 1.807) is 0 Å². The van der Waals surface area contributed by atoms with Crippen LogP contribution in [-0.2, 0) is 10.0 Å². The van der Waals surface area contributed by atoms with E-state index in [0.717, 1.165) is 18.3 Å². The van der Waals surface area contributed by atoms with Crippen LogP contribution in [0.5, 0.6) is 0 Å². The quantitative estimate of drug-likeness (QED) is 0.824. The largest absolute Gasteiger partial charge is 0.277 e. The van der Waals surface area contributed by atoms with E-state index < -0.39 is 21.7 Å². The fraction of sp³-hybridized carbons (Fsp3) is 0. The molecule has 1 aromatic heterocycles. The highest BCUT2D eigenvalue weighted by molar-refractivity contribution is 9.10. The molecule has 0 aliphatic heterocycles. The molecular formula is C11H6BrClF2N2O2S. The molecule has 0 aliphatic carbocycles. The van der Waals surface area contributed by atoms with Crippen molar-refractivity contribution in [1.82, 2.24) is 4.98 Å². The molecule has 2 rings (SSSR count). The minimum absolute atomic E-state index is 0.0944. The van der Waals surface area contributed by atoms with Crippen LogP contribution in [-0.4, -0.2) is 13.4 Å². The highest BCUT2D eigenvalue weighted by Crippen LogP contribution is 2.25. The molecule has 0 spiro atoms. The molecule has 0 unspecified atom stereocenters. The zero-order valence-corrected chi connectivity index (χ0v) is 12.7. The fourth-order valence-electron chi connectivity index (χ4n) is 1.33. The first-order chi connectivity index (χ1) is 9.29. The van der Waals surface area contributed by atoms with Crippen molar-refractivity contribution in [3.63, 3.8) is 0 Å². The number of benzene rings is 1. The average Bonchev–Trinajstić information content (AvgIpc) is 2.36. The number of hydrogen-bond acceptors (Lipinski definition) is 3. The van der Waals surface area contributed by atoms with Gasteiger partial charge in [0.2, 0.25) is 0 Å². The molecule has 0 bridgehead atoms. The Morgan fingerprint density at radius 1 is 1.25 bits per heavy atom. The molecule has 0 saturated carbocycles. The average molecular weight is 384 g/mol. The lowest BCUT2D eigenvalue weighted by atomic mass is 10.3. The van der Waals surface area contributed by atoms with Gasteiger partial charge < -0.3 is 0 Å². The van der Waals surface area contributed by atoms with Crippen LogP contribution < -0.4 is 4.72 Å². The van der Waals surface area contributed by atoms with Gasteiger partial charge in [-0.05, 0) is 34.1 Å². The zero-order valence-electron chi connectivity index (χ0n) is 9.57. The molecule has 0 amide bonds. The molecule has 106 valence electrons. The van der Waals surface area contributed by atoms with Crippen molar-refractivity contribution < 1.29 is 17.2 Å². The van der Waals surface area contributed by atoms with Gasteiger partial charge in [-0.3, -0.25) is 4.72 Å². The van der Waals surface area contributed by atoms with Crippen molar-refractivity contribution in [3.05, 3.63) is 51.7 Å². The van der Waals surface area contributed by atoms with Gasteiger partial charge in [-0.1, -0.05) is 11.6 Å². The summed E-state index contributed by atoms with van der Waals surface area (Å²) in [5, 5.41) is 0.0944. The summed E-state index contributed by atoms with van der Waals surface area (Å²) >= 11 is 8.70. The molecular weight excluding hydrogens is 378 g/mol. The summed E-state index contributed by atoms with van der Waals surface area (Å²) in [7, 11) is -4.05. The van der Waals surface area contributed by atoms with Gasteiger partial charge in [-0.25, -0.2) is 22.2 Å². The normalized spacial score (nSPS) is 11.4. The van der Waals surface area contributed by atoms with Gasteiger partial charge in [0.25, 0.3) is 10.0 Å². The Balaban J connectivity index is 2.38. The van der Waals surface area contributed by atoms with Gasteiger partial charge in [0.1, 0.15) is 21.7 Å². The Labute approximate surface area is 127 Å². The topological polar surface area (TPSA) is 59.1 Å². The second-order valence-corrected chi connectivity index (χ2v) is 6.57. The lowest BCUT2D eigenvalue weighted by Gasteiger charge is -2.09. The van der Waals surface area contributed by atoms with Crippen LogP contribution in [0.25, 0.3) is 0 Å². The van der Waals surface area contributed by atoms with Crippen molar-refractivity contribution in [2.24, 2.45) is 0 Å². The van der Waals surface area contributed by atoms with E-state index >= 15 is 0 Å². The van der Waals surface area contributed by atoms with E-state index in [0.29, 0.717) is 6.07 Å². The molecule has 1 aromatic carbocycles. The summed E-state index contributed by atoms with van der Waals surface area (Å²) in [5.41, 5.74) is -0.363. The van der Waals surface area contributed by atoms with Crippen LogP contribution in [0, 0.1) is 11.6 Å². The van der Waals surface area contributed by atoms with E-state index in [4.69, 9.17) is 11.6 Å². The van der Waals surface area contributed by atoms with Crippen LogP contribution in [0.3, 0.4) is 0 Å². The van der Waals surface area contributed by atoms with E-state index in [9.17, 15) is 17.2 Å². The van der Waals surface area contributed by atoms with Crippen LogP contribution in [0.4, 0.5) is 14.5 Å². The third-order valence-corrected chi connectivity index (χ3v) is 4.72. The lowest BCUT2D eigenvalue weighted by Crippen LogP contribution is -2.14. The van der Waals surface area contributed by atoms with Crippen molar-refractivity contribution in [1.29, 1.82) is 0 Å². The molecule has 9 heteroatoms. The number of nitrogens with zero attached hydrogens (tertiary/aromatic N) is 1. The third-order valence-electron chi connectivity index (χ3n) is 2.26. The van der Waals surface area contributed by atoms with Crippen molar-refractivity contribution in [3.8, 4) is 0 Å². The predicted molar refractivity (Wildman–Crippen MR) is 74.1 cm³/mol. The molecule has 20 heavy (non-hydrogen) atoms. The summed E-state index contributed by atoms with van der Waals surface area (Å²) in [6.45, 7) is 0. The Hall–Kier alpha value is -1.25. The molecule has 0 fully saturated rings. The standard InChI is InChI=1S/C11H6BrClF2N2O2S/c12-8-4-7(5-16-11(8)13)20(18,19)17-10-2-1-6(14)3-9(10)15/h1-5,17H. The maximum Gasteiger partial charge on any atom is 0.263 e. The van der Waals surface area contributed by atoms with Gasteiger partial charge in [0.05, 0.1) is 10.2 Å². The molecule has 2 aromatic rings. The number of pyridine rings is 1. The van der Waals surface area contributed by atoms with Gasteiger partial charge in [-0.2, -0.15) is 0 Å². The SMILES string of the molecule is O=S(=O)(Nc1ccc(F)cc1F)c1cnc(Cl)c(Br)c1. The van der Waals surface area contributed by atoms with Crippen LogP contribution >= 0.6 is 27.5 Å². The number of nitrogens with one attached hydrogen (secondary N) is 1. The first kappa shape index (κ1) is 15.1. The highest BCUT2D eigenvalue weighted by atomic mass is 79.9. The van der Waals surface area contributed by atoms with E-state index in [1.807, 2.05) is 4.72 Å².